The second kappa shape index (κ2) is 8.72. The van der Waals surface area contributed by atoms with E-state index in [1.54, 1.807) is 6.07 Å². The van der Waals surface area contributed by atoms with E-state index in [1.165, 1.54) is 59.8 Å². The molecule has 0 atom stereocenters. The summed E-state index contributed by atoms with van der Waals surface area (Å²) in [5.74, 6) is -0.710. The number of amides is 1. The van der Waals surface area contributed by atoms with E-state index in [9.17, 15) is 18.0 Å². The molecule has 9 nitrogen and oxygen atoms in total. The second-order valence-corrected chi connectivity index (χ2v) is 8.54. The number of sulfonamides is 1. The van der Waals surface area contributed by atoms with Crippen molar-refractivity contribution in [2.45, 2.75) is 4.90 Å². The van der Waals surface area contributed by atoms with Crippen LogP contribution in [0.5, 0.6) is 11.5 Å². The van der Waals surface area contributed by atoms with Crippen molar-refractivity contribution in [3.63, 3.8) is 0 Å². The van der Waals surface area contributed by atoms with Crippen LogP contribution in [-0.4, -0.2) is 75.0 Å². The zero-order chi connectivity index (χ0) is 21.9. The average Bonchev–Trinajstić information content (AvgIpc) is 2.78. The Bertz CT molecular complexity index is 1060. The van der Waals surface area contributed by atoms with E-state index in [1.807, 2.05) is 0 Å². The number of carboxylic acid groups (broad SMARTS) is 1. The van der Waals surface area contributed by atoms with Gasteiger partial charge in [-0.3, -0.25) is 4.79 Å². The number of nitrogens with zero attached hydrogens (tertiary/aromatic N) is 2. The van der Waals surface area contributed by atoms with Crippen molar-refractivity contribution < 1.29 is 32.6 Å². The predicted molar refractivity (Wildman–Crippen MR) is 108 cm³/mol. The average molecular weight is 434 g/mol. The summed E-state index contributed by atoms with van der Waals surface area (Å²) in [6, 6.07) is 10.2. The highest BCUT2D eigenvalue weighted by molar-refractivity contribution is 7.89. The van der Waals surface area contributed by atoms with E-state index in [0.717, 1.165) is 0 Å². The Balaban J connectivity index is 1.72. The number of piperazine rings is 1. The van der Waals surface area contributed by atoms with Gasteiger partial charge in [-0.2, -0.15) is 4.31 Å². The van der Waals surface area contributed by atoms with Gasteiger partial charge >= 0.3 is 5.97 Å². The van der Waals surface area contributed by atoms with E-state index < -0.39 is 16.0 Å². The molecule has 2 aromatic carbocycles. The number of ether oxygens (including phenoxy) is 2. The van der Waals surface area contributed by atoms with Crippen molar-refractivity contribution in [2.75, 3.05) is 40.4 Å². The van der Waals surface area contributed by atoms with Crippen LogP contribution in [0.2, 0.25) is 0 Å². The summed E-state index contributed by atoms with van der Waals surface area (Å²) in [5, 5.41) is 9.09. The Kier molecular flexibility index (Phi) is 6.28. The molecular weight excluding hydrogens is 412 g/mol. The molecule has 0 aliphatic carbocycles. The van der Waals surface area contributed by atoms with Crippen molar-refractivity contribution in [3.8, 4) is 11.5 Å². The molecule has 1 N–H and O–H groups in total. The smallest absolute Gasteiger partial charge is 0.335 e. The molecule has 0 aromatic heterocycles. The van der Waals surface area contributed by atoms with Crippen molar-refractivity contribution >= 4 is 21.9 Å². The summed E-state index contributed by atoms with van der Waals surface area (Å²) in [4.78, 5) is 25.4. The van der Waals surface area contributed by atoms with Crippen LogP contribution in [0, 0.1) is 0 Å². The monoisotopic (exact) mass is 434 g/mol. The van der Waals surface area contributed by atoms with E-state index in [4.69, 9.17) is 14.6 Å². The number of hydrogen-bond donors (Lipinski definition) is 1. The molecular formula is C20H22N2O7S. The molecule has 2 aromatic rings. The fourth-order valence-corrected chi connectivity index (χ4v) is 4.66. The van der Waals surface area contributed by atoms with Crippen molar-refractivity contribution in [3.05, 3.63) is 53.6 Å². The summed E-state index contributed by atoms with van der Waals surface area (Å²) < 4.78 is 37.6. The van der Waals surface area contributed by atoms with Gasteiger partial charge in [0.1, 0.15) is 0 Å². The number of rotatable bonds is 6. The zero-order valence-corrected chi connectivity index (χ0v) is 17.4. The largest absolute Gasteiger partial charge is 0.493 e. The van der Waals surface area contributed by atoms with Crippen LogP contribution in [0.4, 0.5) is 0 Å². The normalized spacial score (nSPS) is 14.9. The first-order valence-electron chi connectivity index (χ1n) is 9.12. The fraction of sp³-hybridized carbons (Fsp3) is 0.300. The lowest BCUT2D eigenvalue weighted by atomic mass is 10.1. The van der Waals surface area contributed by atoms with Crippen LogP contribution >= 0.6 is 0 Å². The highest BCUT2D eigenvalue weighted by atomic mass is 32.2. The first kappa shape index (κ1) is 21.6. The third-order valence-corrected chi connectivity index (χ3v) is 6.77. The summed E-state index contributed by atoms with van der Waals surface area (Å²) in [6.07, 6.45) is 0. The molecule has 30 heavy (non-hydrogen) atoms. The maximum Gasteiger partial charge on any atom is 0.335 e. The molecule has 1 fully saturated rings. The number of hydrogen-bond acceptors (Lipinski definition) is 6. The lowest BCUT2D eigenvalue weighted by molar-refractivity contribution is 0.0696. The Morgan fingerprint density at radius 2 is 1.53 bits per heavy atom. The number of carbonyl (C=O) groups excluding carboxylic acids is 1. The molecule has 160 valence electrons. The van der Waals surface area contributed by atoms with Crippen LogP contribution in [0.3, 0.4) is 0 Å². The topological polar surface area (TPSA) is 113 Å². The number of benzene rings is 2. The molecule has 0 bridgehead atoms. The molecule has 3 rings (SSSR count). The van der Waals surface area contributed by atoms with Gasteiger partial charge in [0.25, 0.3) is 5.91 Å². The van der Waals surface area contributed by atoms with E-state index in [-0.39, 0.29) is 48.1 Å². The van der Waals surface area contributed by atoms with Gasteiger partial charge < -0.3 is 19.5 Å². The first-order valence-corrected chi connectivity index (χ1v) is 10.6. The quantitative estimate of drug-likeness (QED) is 0.734. The first-order chi connectivity index (χ1) is 14.3. The Morgan fingerprint density at radius 3 is 2.13 bits per heavy atom. The molecule has 10 heteroatoms. The molecule has 0 spiro atoms. The van der Waals surface area contributed by atoms with Gasteiger partial charge in [0, 0.05) is 37.8 Å². The molecule has 1 heterocycles. The predicted octanol–water partition coefficient (Wildman–Crippen LogP) is 1.55. The summed E-state index contributed by atoms with van der Waals surface area (Å²) in [6.45, 7) is 0.646. The molecule has 0 saturated carbocycles. The van der Waals surface area contributed by atoms with Crippen LogP contribution < -0.4 is 9.47 Å². The van der Waals surface area contributed by atoms with E-state index in [0.29, 0.717) is 11.5 Å². The summed E-state index contributed by atoms with van der Waals surface area (Å²) >= 11 is 0. The summed E-state index contributed by atoms with van der Waals surface area (Å²) in [7, 11) is -0.874. The lowest BCUT2D eigenvalue weighted by Crippen LogP contribution is -2.50. The van der Waals surface area contributed by atoms with Gasteiger partial charge in [0.15, 0.2) is 11.5 Å². The Labute approximate surface area is 174 Å². The maximum atomic E-state index is 13.0. The highest BCUT2D eigenvalue weighted by Gasteiger charge is 2.31. The third-order valence-electron chi connectivity index (χ3n) is 4.88. The molecule has 0 unspecified atom stereocenters. The van der Waals surface area contributed by atoms with Crippen LogP contribution in [0.25, 0.3) is 0 Å². The van der Waals surface area contributed by atoms with Gasteiger partial charge in [0.2, 0.25) is 10.0 Å². The van der Waals surface area contributed by atoms with Gasteiger partial charge in [-0.25, -0.2) is 13.2 Å². The zero-order valence-electron chi connectivity index (χ0n) is 16.6. The second-order valence-electron chi connectivity index (χ2n) is 6.60. The molecule has 1 aliphatic rings. The minimum Gasteiger partial charge on any atom is -0.493 e. The Hall–Kier alpha value is -3.11. The molecule has 1 amide bonds. The third kappa shape index (κ3) is 4.24. The highest BCUT2D eigenvalue weighted by Crippen LogP contribution is 2.31. The van der Waals surface area contributed by atoms with Gasteiger partial charge in [-0.1, -0.05) is 6.07 Å². The van der Waals surface area contributed by atoms with Crippen LogP contribution in [-0.2, 0) is 10.0 Å². The minimum absolute atomic E-state index is 0.0236. The number of carbonyl (C=O) groups is 2. The van der Waals surface area contributed by atoms with Crippen LogP contribution in [0.15, 0.2) is 47.4 Å². The molecule has 1 aliphatic heterocycles. The standard InChI is InChI=1S/C20H22N2O7S/c1-28-17-7-6-16(13-18(17)29-2)30(26,27)22-10-8-21(9-11-22)19(23)14-4-3-5-15(12-14)20(24)25/h3-7,12-13H,8-11H2,1-2H3,(H,24,25). The van der Waals surface area contributed by atoms with Crippen molar-refractivity contribution in [1.82, 2.24) is 9.21 Å². The SMILES string of the molecule is COc1ccc(S(=O)(=O)N2CCN(C(=O)c3cccc(C(=O)O)c3)CC2)cc1OC. The number of carboxylic acids is 1. The minimum atomic E-state index is -3.77. The lowest BCUT2D eigenvalue weighted by Gasteiger charge is -2.34. The molecule has 0 radical (unpaired) electrons. The fourth-order valence-electron chi connectivity index (χ4n) is 3.23. The van der Waals surface area contributed by atoms with Gasteiger partial charge in [-0.15, -0.1) is 0 Å². The van der Waals surface area contributed by atoms with Crippen LogP contribution in [0.1, 0.15) is 20.7 Å². The summed E-state index contributed by atoms with van der Waals surface area (Å²) in [5.41, 5.74) is 0.279. The van der Waals surface area contributed by atoms with E-state index in [2.05, 4.69) is 0 Å². The van der Waals surface area contributed by atoms with Gasteiger partial charge in [0.05, 0.1) is 24.7 Å². The maximum absolute atomic E-state index is 13.0. The molecule has 1 saturated heterocycles. The number of aromatic carboxylic acids is 1. The van der Waals surface area contributed by atoms with Gasteiger partial charge in [-0.05, 0) is 30.3 Å². The number of methoxy groups -OCH3 is 2. The van der Waals surface area contributed by atoms with Crippen molar-refractivity contribution in [2.24, 2.45) is 0 Å². The van der Waals surface area contributed by atoms with Crippen molar-refractivity contribution in [1.29, 1.82) is 0 Å². The van der Waals surface area contributed by atoms with E-state index >= 15 is 0 Å². The Morgan fingerprint density at radius 1 is 0.900 bits per heavy atom.